The zero-order chi connectivity index (χ0) is 30.8. The molecule has 4 unspecified atom stereocenters. The number of amides is 2. The molecule has 3 fully saturated rings. The Kier molecular flexibility index (Phi) is 7.59. The lowest BCUT2D eigenvalue weighted by Crippen LogP contribution is -2.73. The Morgan fingerprint density at radius 3 is 2.45 bits per heavy atom. The molecule has 0 spiro atoms. The number of nitrogens with zero attached hydrogens (tertiary/aromatic N) is 2. The maximum Gasteiger partial charge on any atom is 0.237 e. The van der Waals surface area contributed by atoms with Crippen LogP contribution in [0.1, 0.15) is 36.0 Å². The van der Waals surface area contributed by atoms with Crippen LogP contribution < -0.4 is 21.3 Å². The molecule has 1 heterocycles. The number of anilines is 1. The summed E-state index contributed by atoms with van der Waals surface area (Å²) in [6, 6.07) is 0.440. The molecule has 1 saturated heterocycles. The van der Waals surface area contributed by atoms with Crippen molar-refractivity contribution in [2.24, 2.45) is 23.5 Å². The molecule has 42 heavy (non-hydrogen) atoms. The maximum atomic E-state index is 14.1. The second-order valence-corrected chi connectivity index (χ2v) is 12.3. The predicted molar refractivity (Wildman–Crippen MR) is 151 cm³/mol. The molecule has 8 N–H and O–H groups in total. The molecule has 13 nitrogen and oxygen atoms in total. The SMILES string of the molecule is CN(C)c1cc(CNC(=O)C2CCCN2)c(O)c2c1C[C@H]1C[C@H]3C(N(C)C)C(O)C(C(N)=O)C(=O)[C@@]3(O)C(=O)C1=C2O. The van der Waals surface area contributed by atoms with Crippen molar-refractivity contribution in [1.29, 1.82) is 0 Å². The van der Waals surface area contributed by atoms with E-state index in [4.69, 9.17) is 5.73 Å². The van der Waals surface area contributed by atoms with Gasteiger partial charge >= 0.3 is 0 Å². The van der Waals surface area contributed by atoms with E-state index in [0.717, 1.165) is 13.0 Å². The number of carbonyl (C=O) groups excluding carboxylic acids is 4. The van der Waals surface area contributed by atoms with Crippen molar-refractivity contribution in [3.63, 3.8) is 0 Å². The fourth-order valence-electron chi connectivity index (χ4n) is 7.45. The van der Waals surface area contributed by atoms with Crippen LogP contribution in [0.25, 0.3) is 5.76 Å². The second-order valence-electron chi connectivity index (χ2n) is 12.3. The Morgan fingerprint density at radius 2 is 1.88 bits per heavy atom. The average Bonchev–Trinajstić information content (AvgIpc) is 3.45. The number of primary amides is 1. The van der Waals surface area contributed by atoms with Crippen LogP contribution in [0.3, 0.4) is 0 Å². The lowest BCUT2D eigenvalue weighted by Gasteiger charge is -2.53. The second kappa shape index (κ2) is 10.6. The van der Waals surface area contributed by atoms with Crippen molar-refractivity contribution in [3.05, 3.63) is 28.3 Å². The van der Waals surface area contributed by atoms with E-state index in [9.17, 15) is 39.6 Å². The first-order valence-corrected chi connectivity index (χ1v) is 14.2. The van der Waals surface area contributed by atoms with Gasteiger partial charge in [-0.15, -0.1) is 0 Å². The molecule has 1 aromatic rings. The number of nitrogens with one attached hydrogen (secondary N) is 2. The fraction of sp³-hybridized carbons (Fsp3) is 0.586. The summed E-state index contributed by atoms with van der Waals surface area (Å²) in [4.78, 5) is 55.8. The highest BCUT2D eigenvalue weighted by molar-refractivity contribution is 6.25. The van der Waals surface area contributed by atoms with Gasteiger partial charge in [-0.1, -0.05) is 0 Å². The van der Waals surface area contributed by atoms with Crippen LogP contribution in [0.2, 0.25) is 0 Å². The van der Waals surface area contributed by atoms with Gasteiger partial charge < -0.3 is 46.6 Å². The van der Waals surface area contributed by atoms with Gasteiger partial charge in [-0.3, -0.25) is 19.2 Å². The Bertz CT molecular complexity index is 1380. The minimum Gasteiger partial charge on any atom is -0.507 e. The number of likely N-dealkylation sites (N-methyl/N-ethyl adjacent to an activating group) is 1. The third-order valence-electron chi connectivity index (χ3n) is 9.46. The van der Waals surface area contributed by atoms with E-state index in [1.807, 2.05) is 0 Å². The van der Waals surface area contributed by atoms with E-state index >= 15 is 0 Å². The third kappa shape index (κ3) is 4.37. The highest BCUT2D eigenvalue weighted by atomic mass is 16.3. The van der Waals surface area contributed by atoms with Gasteiger partial charge in [0, 0.05) is 49.4 Å². The molecule has 7 atom stereocenters. The fourth-order valence-corrected chi connectivity index (χ4v) is 7.45. The monoisotopic (exact) mass is 585 g/mol. The highest BCUT2D eigenvalue weighted by Gasteiger charge is 2.67. The Morgan fingerprint density at radius 1 is 1.19 bits per heavy atom. The number of hydrogen-bond donors (Lipinski definition) is 7. The van der Waals surface area contributed by atoms with Crippen LogP contribution in [0.15, 0.2) is 11.6 Å². The van der Waals surface area contributed by atoms with Gasteiger partial charge in [0.2, 0.25) is 17.6 Å². The van der Waals surface area contributed by atoms with Crippen molar-refractivity contribution < 1.29 is 39.6 Å². The zero-order valence-corrected chi connectivity index (χ0v) is 24.2. The summed E-state index contributed by atoms with van der Waals surface area (Å²) in [5.41, 5.74) is 4.02. The smallest absolute Gasteiger partial charge is 0.237 e. The molecule has 1 aliphatic heterocycles. The number of aromatic hydroxyl groups is 1. The average molecular weight is 586 g/mol. The van der Waals surface area contributed by atoms with Crippen molar-refractivity contribution in [3.8, 4) is 5.75 Å². The van der Waals surface area contributed by atoms with Crippen LogP contribution in [-0.2, 0) is 32.1 Å². The largest absolute Gasteiger partial charge is 0.507 e. The van der Waals surface area contributed by atoms with E-state index in [1.54, 1.807) is 44.1 Å². The topological polar surface area (TPSA) is 206 Å². The summed E-state index contributed by atoms with van der Waals surface area (Å²) >= 11 is 0. The van der Waals surface area contributed by atoms with Crippen LogP contribution in [0.4, 0.5) is 5.69 Å². The molecule has 0 bridgehead atoms. The quantitative estimate of drug-likeness (QED) is 0.193. The number of phenols is 1. The molecular weight excluding hydrogens is 546 g/mol. The number of benzene rings is 1. The van der Waals surface area contributed by atoms with Crippen molar-refractivity contribution in [1.82, 2.24) is 15.5 Å². The van der Waals surface area contributed by atoms with Gasteiger partial charge in [0.1, 0.15) is 17.4 Å². The van der Waals surface area contributed by atoms with Gasteiger partial charge in [0.15, 0.2) is 11.4 Å². The molecule has 0 aromatic heterocycles. The first-order chi connectivity index (χ1) is 19.7. The van der Waals surface area contributed by atoms with E-state index in [1.165, 1.54) is 0 Å². The number of ketones is 2. The Labute approximate surface area is 243 Å². The van der Waals surface area contributed by atoms with Crippen LogP contribution in [0, 0.1) is 17.8 Å². The van der Waals surface area contributed by atoms with E-state index < -0.39 is 58.7 Å². The maximum absolute atomic E-state index is 14.1. The van der Waals surface area contributed by atoms with E-state index in [2.05, 4.69) is 10.6 Å². The van der Waals surface area contributed by atoms with Crippen molar-refractivity contribution in [2.75, 3.05) is 39.6 Å². The highest BCUT2D eigenvalue weighted by Crippen LogP contribution is 2.53. The van der Waals surface area contributed by atoms with Crippen LogP contribution in [0.5, 0.6) is 5.75 Å². The molecule has 3 aliphatic carbocycles. The van der Waals surface area contributed by atoms with E-state index in [-0.39, 0.29) is 48.2 Å². The minimum atomic E-state index is -2.72. The van der Waals surface area contributed by atoms with Gasteiger partial charge in [0.05, 0.1) is 17.7 Å². The summed E-state index contributed by atoms with van der Waals surface area (Å²) in [5.74, 6) is -8.11. The summed E-state index contributed by atoms with van der Waals surface area (Å²) in [6.07, 6.45) is 0.269. The number of hydrogen-bond acceptors (Lipinski definition) is 11. The zero-order valence-electron chi connectivity index (χ0n) is 24.2. The molecule has 4 aliphatic rings. The number of rotatable bonds is 6. The van der Waals surface area contributed by atoms with E-state index in [0.29, 0.717) is 23.2 Å². The number of nitrogens with two attached hydrogens (primary N) is 1. The first kappa shape index (κ1) is 30.0. The predicted octanol–water partition coefficient (Wildman–Crippen LogP) is -1.44. The van der Waals surface area contributed by atoms with Crippen LogP contribution in [-0.4, -0.2) is 107 Å². The molecular formula is C29H39N5O8. The molecule has 1 aromatic carbocycles. The molecule has 5 rings (SSSR count). The van der Waals surface area contributed by atoms with Crippen LogP contribution >= 0.6 is 0 Å². The Hall–Kier alpha value is -3.52. The number of aliphatic hydroxyl groups excluding tert-OH is 2. The molecule has 228 valence electrons. The van der Waals surface area contributed by atoms with Crippen molar-refractivity contribution in [2.45, 2.75) is 56.0 Å². The lowest BCUT2D eigenvalue weighted by molar-refractivity contribution is -0.184. The first-order valence-electron chi connectivity index (χ1n) is 14.2. The minimum absolute atomic E-state index is 0.00926. The summed E-state index contributed by atoms with van der Waals surface area (Å²) in [6.45, 7) is 0.706. The molecule has 13 heteroatoms. The third-order valence-corrected chi connectivity index (χ3v) is 9.46. The molecule has 2 amide bonds. The van der Waals surface area contributed by atoms with Gasteiger partial charge in [-0.2, -0.15) is 0 Å². The summed E-state index contributed by atoms with van der Waals surface area (Å²) in [5, 5.41) is 51.7. The van der Waals surface area contributed by atoms with Crippen molar-refractivity contribution >= 4 is 34.8 Å². The number of carbonyl (C=O) groups is 4. The lowest BCUT2D eigenvalue weighted by atomic mass is 9.54. The Balaban J connectivity index is 1.60. The van der Waals surface area contributed by atoms with Gasteiger partial charge in [0.25, 0.3) is 0 Å². The molecule has 2 saturated carbocycles. The molecule has 0 radical (unpaired) electrons. The van der Waals surface area contributed by atoms with Gasteiger partial charge in [-0.25, -0.2) is 0 Å². The number of phenolic OH excluding ortho intramolecular Hbond substituents is 1. The summed E-state index contributed by atoms with van der Waals surface area (Å²) in [7, 11) is 6.80. The summed E-state index contributed by atoms with van der Waals surface area (Å²) < 4.78 is 0. The normalized spacial score (nSPS) is 32.4. The van der Waals surface area contributed by atoms with Gasteiger partial charge in [-0.05, 0) is 63.9 Å². The number of fused-ring (bicyclic) bond motifs is 3. The number of aliphatic hydroxyl groups is 3. The number of Topliss-reactive ketones (excluding diaryl/α,β-unsaturated/α-hetero) is 2. The standard InChI is InChI=1S/C29H39N5O8/c1-33(2)17-10-13(11-32-28(41)16-6-5-7-31-16)22(35)19-14(17)8-12-9-15-21(34(3)4)24(37)20(27(30)40)26(39)29(15,42)25(38)18(12)23(19)36/h10,12,15-16,20-21,24,31,35-37,42H,5-9,11H2,1-4H3,(H2,30,40)(H,32,41)/t12-,15-,16?,20?,21?,24?,29-/m0/s1.